The summed E-state index contributed by atoms with van der Waals surface area (Å²) in [6.07, 6.45) is -6.12. The molecule has 0 N–H and O–H groups in total. The van der Waals surface area contributed by atoms with E-state index in [1.54, 1.807) is 12.1 Å². The summed E-state index contributed by atoms with van der Waals surface area (Å²) in [5, 5.41) is 18.0. The highest BCUT2D eigenvalue weighted by Gasteiger charge is 2.37. The zero-order valence-electron chi connectivity index (χ0n) is 13.5. The van der Waals surface area contributed by atoms with Crippen molar-refractivity contribution in [2.24, 2.45) is 0 Å². The van der Waals surface area contributed by atoms with Gasteiger partial charge in [-0.1, -0.05) is 17.7 Å². The molecule has 0 heterocycles. The van der Waals surface area contributed by atoms with Crippen molar-refractivity contribution in [1.29, 1.82) is 10.5 Å². The Morgan fingerprint density at radius 3 is 2.33 bits per heavy atom. The minimum Gasteiger partial charge on any atom is -0.242 e. The Kier molecular flexibility index (Phi) is 4.84. The SMILES string of the molecule is N#Cc1cc(F)cc2c1[C@@H](c1ccc(C(F)(F)F)c(Cl)c1C#N)CC[C@@H]2F. The number of fused-ring (bicyclic) bond motifs is 1. The van der Waals surface area contributed by atoms with Gasteiger partial charge in [-0.25, -0.2) is 8.78 Å². The van der Waals surface area contributed by atoms with E-state index in [-0.39, 0.29) is 40.7 Å². The third-order valence-electron chi connectivity index (χ3n) is 4.66. The van der Waals surface area contributed by atoms with Crippen LogP contribution in [0.15, 0.2) is 24.3 Å². The number of rotatable bonds is 1. The van der Waals surface area contributed by atoms with E-state index in [0.717, 1.165) is 24.3 Å². The summed E-state index contributed by atoms with van der Waals surface area (Å²) in [4.78, 5) is 0. The highest BCUT2D eigenvalue weighted by atomic mass is 35.5. The van der Waals surface area contributed by atoms with E-state index in [9.17, 15) is 32.5 Å². The van der Waals surface area contributed by atoms with E-state index in [1.165, 1.54) is 0 Å². The lowest BCUT2D eigenvalue weighted by Gasteiger charge is -2.30. The average Bonchev–Trinajstić information content (AvgIpc) is 2.60. The quantitative estimate of drug-likeness (QED) is 0.540. The fourth-order valence-electron chi connectivity index (χ4n) is 3.52. The highest BCUT2D eigenvalue weighted by molar-refractivity contribution is 6.32. The normalized spacial score (nSPS) is 19.1. The standard InChI is InChI=1S/C19H10ClF5N2/c20-18-14(8-27)11(1-3-15(18)19(23,24)25)12-2-4-16(22)13-6-10(21)5-9(7-26)17(12)13/h1,3,5-6,12,16H,2,4H2/t12-,16+/m1/s1. The van der Waals surface area contributed by atoms with Gasteiger partial charge in [0.05, 0.1) is 27.8 Å². The summed E-state index contributed by atoms with van der Waals surface area (Å²) < 4.78 is 67.2. The van der Waals surface area contributed by atoms with Gasteiger partial charge >= 0.3 is 6.18 Å². The molecular formula is C19H10ClF5N2. The summed E-state index contributed by atoms with van der Waals surface area (Å²) in [6.45, 7) is 0. The molecule has 0 unspecified atom stereocenters. The van der Waals surface area contributed by atoms with Gasteiger partial charge in [-0.05, 0) is 47.7 Å². The van der Waals surface area contributed by atoms with Crippen molar-refractivity contribution < 1.29 is 22.0 Å². The fourth-order valence-corrected chi connectivity index (χ4v) is 3.84. The second kappa shape index (κ2) is 6.83. The smallest absolute Gasteiger partial charge is 0.242 e. The van der Waals surface area contributed by atoms with Crippen LogP contribution in [-0.2, 0) is 6.18 Å². The van der Waals surface area contributed by atoms with E-state index in [0.29, 0.717) is 0 Å². The van der Waals surface area contributed by atoms with Crippen LogP contribution in [0.3, 0.4) is 0 Å². The van der Waals surface area contributed by atoms with Crippen LogP contribution in [-0.4, -0.2) is 0 Å². The molecular weight excluding hydrogens is 387 g/mol. The van der Waals surface area contributed by atoms with Crippen LogP contribution in [0, 0.1) is 28.5 Å². The number of nitrogens with zero attached hydrogens (tertiary/aromatic N) is 2. The Labute approximate surface area is 156 Å². The van der Waals surface area contributed by atoms with Gasteiger partial charge in [0.2, 0.25) is 0 Å². The molecule has 0 bridgehead atoms. The van der Waals surface area contributed by atoms with Crippen LogP contribution in [0.25, 0.3) is 0 Å². The molecule has 0 fully saturated rings. The average molecular weight is 397 g/mol. The topological polar surface area (TPSA) is 47.6 Å². The van der Waals surface area contributed by atoms with Crippen LogP contribution in [0.1, 0.15) is 58.3 Å². The number of hydrogen-bond donors (Lipinski definition) is 0. The molecule has 1 aliphatic carbocycles. The van der Waals surface area contributed by atoms with Crippen molar-refractivity contribution in [3.63, 3.8) is 0 Å². The van der Waals surface area contributed by atoms with Gasteiger partial charge in [0.25, 0.3) is 0 Å². The molecule has 2 aromatic rings. The first-order valence-corrected chi connectivity index (χ1v) is 8.24. The number of nitriles is 2. The minimum absolute atomic E-state index is 0.0184. The molecule has 0 radical (unpaired) electrons. The molecule has 8 heteroatoms. The van der Waals surface area contributed by atoms with Crippen LogP contribution < -0.4 is 0 Å². The summed E-state index contributed by atoms with van der Waals surface area (Å²) >= 11 is 5.83. The summed E-state index contributed by atoms with van der Waals surface area (Å²) in [5.74, 6) is -1.52. The van der Waals surface area contributed by atoms with Crippen molar-refractivity contribution in [3.05, 3.63) is 68.5 Å². The van der Waals surface area contributed by atoms with Crippen molar-refractivity contribution in [2.75, 3.05) is 0 Å². The maximum atomic E-state index is 14.3. The molecule has 2 nitrogen and oxygen atoms in total. The van der Waals surface area contributed by atoms with Gasteiger partial charge in [0.1, 0.15) is 18.1 Å². The lowest BCUT2D eigenvalue weighted by molar-refractivity contribution is -0.137. The van der Waals surface area contributed by atoms with Gasteiger partial charge in [0, 0.05) is 5.92 Å². The minimum atomic E-state index is -4.74. The van der Waals surface area contributed by atoms with Gasteiger partial charge in [-0.15, -0.1) is 0 Å². The highest BCUT2D eigenvalue weighted by Crippen LogP contribution is 2.47. The zero-order chi connectivity index (χ0) is 19.9. The number of alkyl halides is 4. The zero-order valence-corrected chi connectivity index (χ0v) is 14.3. The molecule has 0 aromatic heterocycles. The van der Waals surface area contributed by atoms with Crippen molar-refractivity contribution in [2.45, 2.75) is 31.1 Å². The predicted molar refractivity (Wildman–Crippen MR) is 87.2 cm³/mol. The Balaban J connectivity index is 2.27. The van der Waals surface area contributed by atoms with E-state index in [2.05, 4.69) is 0 Å². The molecule has 3 rings (SSSR count). The third kappa shape index (κ3) is 3.24. The molecule has 138 valence electrons. The van der Waals surface area contributed by atoms with Gasteiger partial charge in [-0.2, -0.15) is 23.7 Å². The molecule has 1 aliphatic rings. The third-order valence-corrected chi connectivity index (χ3v) is 5.05. The first-order chi connectivity index (χ1) is 12.7. The molecule has 2 aromatic carbocycles. The Hall–Kier alpha value is -2.64. The van der Waals surface area contributed by atoms with E-state index in [4.69, 9.17) is 11.6 Å². The van der Waals surface area contributed by atoms with Crippen LogP contribution in [0.4, 0.5) is 22.0 Å². The largest absolute Gasteiger partial charge is 0.417 e. The lowest BCUT2D eigenvalue weighted by atomic mass is 9.75. The Morgan fingerprint density at radius 1 is 1.04 bits per heavy atom. The molecule has 2 atom stereocenters. The molecule has 0 spiro atoms. The first kappa shape index (κ1) is 19.1. The Bertz CT molecular complexity index is 1000. The monoisotopic (exact) mass is 396 g/mol. The van der Waals surface area contributed by atoms with Gasteiger partial charge in [0.15, 0.2) is 0 Å². The fraction of sp³-hybridized carbons (Fsp3) is 0.263. The number of hydrogen-bond acceptors (Lipinski definition) is 2. The second-order valence-corrected chi connectivity index (χ2v) is 6.54. The van der Waals surface area contributed by atoms with E-state index in [1.807, 2.05) is 0 Å². The Morgan fingerprint density at radius 2 is 1.74 bits per heavy atom. The van der Waals surface area contributed by atoms with Crippen LogP contribution in [0.2, 0.25) is 5.02 Å². The molecule has 0 saturated carbocycles. The summed E-state index contributed by atoms with van der Waals surface area (Å²) in [6, 6.07) is 7.28. The predicted octanol–water partition coefficient (Wildman–Crippen LogP) is 6.18. The summed E-state index contributed by atoms with van der Waals surface area (Å²) in [5.41, 5.74) is -1.33. The maximum Gasteiger partial charge on any atom is 0.417 e. The maximum absolute atomic E-state index is 14.3. The van der Waals surface area contributed by atoms with Crippen LogP contribution >= 0.6 is 11.6 Å². The van der Waals surface area contributed by atoms with E-state index >= 15 is 0 Å². The van der Waals surface area contributed by atoms with Gasteiger partial charge in [-0.3, -0.25) is 0 Å². The first-order valence-electron chi connectivity index (χ1n) is 7.86. The summed E-state index contributed by atoms with van der Waals surface area (Å²) in [7, 11) is 0. The number of halogens is 6. The molecule has 27 heavy (non-hydrogen) atoms. The van der Waals surface area contributed by atoms with E-state index < -0.39 is 34.7 Å². The molecule has 0 saturated heterocycles. The van der Waals surface area contributed by atoms with Crippen molar-refractivity contribution in [1.82, 2.24) is 0 Å². The second-order valence-electron chi connectivity index (χ2n) is 6.17. The number of benzene rings is 2. The van der Waals surface area contributed by atoms with Gasteiger partial charge < -0.3 is 0 Å². The van der Waals surface area contributed by atoms with Crippen LogP contribution in [0.5, 0.6) is 0 Å². The van der Waals surface area contributed by atoms with Crippen molar-refractivity contribution >= 4 is 11.6 Å². The van der Waals surface area contributed by atoms with Crippen molar-refractivity contribution in [3.8, 4) is 12.1 Å². The lowest BCUT2D eigenvalue weighted by Crippen LogP contribution is -2.17. The molecule has 0 aliphatic heterocycles. The molecule has 0 amide bonds.